The van der Waals surface area contributed by atoms with Crippen molar-refractivity contribution < 1.29 is 14.3 Å². The van der Waals surface area contributed by atoms with Crippen molar-refractivity contribution in [2.75, 3.05) is 31.2 Å². The Morgan fingerprint density at radius 3 is 2.58 bits per heavy atom. The number of benzene rings is 1. The molecule has 0 N–H and O–H groups in total. The summed E-state index contributed by atoms with van der Waals surface area (Å²) in [5.41, 5.74) is 1.01. The second kappa shape index (κ2) is 12.6. The highest BCUT2D eigenvalue weighted by atomic mass is 32.2. The molecule has 0 bridgehead atoms. The van der Waals surface area contributed by atoms with Crippen molar-refractivity contribution in [2.24, 2.45) is 0 Å². The highest BCUT2D eigenvalue weighted by molar-refractivity contribution is 7.99. The van der Waals surface area contributed by atoms with E-state index in [2.05, 4.69) is 6.92 Å². The number of esters is 1. The van der Waals surface area contributed by atoms with Crippen LogP contribution >= 0.6 is 11.8 Å². The Bertz CT molecular complexity index is 517. The smallest absolute Gasteiger partial charge is 0.315 e. The van der Waals surface area contributed by atoms with Gasteiger partial charge in [0.15, 0.2) is 0 Å². The normalized spacial score (nSPS) is 10.8. The lowest BCUT2D eigenvalue weighted by Crippen LogP contribution is -2.32. The topological polar surface area (TPSA) is 46.6 Å². The Labute approximate surface area is 149 Å². The molecular formula is C19H27NO3S. The summed E-state index contributed by atoms with van der Waals surface area (Å²) in [6.45, 7) is 5.70. The van der Waals surface area contributed by atoms with Crippen molar-refractivity contribution in [2.45, 2.75) is 26.7 Å². The summed E-state index contributed by atoms with van der Waals surface area (Å²) in [5.74, 6) is 0.888. The van der Waals surface area contributed by atoms with Gasteiger partial charge in [0, 0.05) is 24.9 Å². The van der Waals surface area contributed by atoms with Gasteiger partial charge >= 0.3 is 5.97 Å². The number of thioether (sulfide) groups is 1. The minimum absolute atomic E-state index is 0.0176. The van der Waals surface area contributed by atoms with E-state index < -0.39 is 0 Å². The first-order chi connectivity index (χ1) is 11.7. The van der Waals surface area contributed by atoms with Gasteiger partial charge in [-0.1, -0.05) is 43.7 Å². The van der Waals surface area contributed by atoms with Crippen LogP contribution in [0.2, 0.25) is 0 Å². The molecule has 0 spiro atoms. The summed E-state index contributed by atoms with van der Waals surface area (Å²) in [6, 6.07) is 9.79. The maximum absolute atomic E-state index is 12.4. The van der Waals surface area contributed by atoms with E-state index in [0.29, 0.717) is 18.9 Å². The van der Waals surface area contributed by atoms with Crippen LogP contribution in [0.25, 0.3) is 6.08 Å². The summed E-state index contributed by atoms with van der Waals surface area (Å²) >= 11 is 1.50. The molecule has 0 unspecified atom stereocenters. The highest BCUT2D eigenvalue weighted by Gasteiger charge is 2.10. The molecule has 1 amide bonds. The van der Waals surface area contributed by atoms with E-state index in [1.54, 1.807) is 13.0 Å². The molecule has 0 radical (unpaired) electrons. The molecule has 0 atom stereocenters. The van der Waals surface area contributed by atoms with Crippen molar-refractivity contribution in [1.29, 1.82) is 0 Å². The maximum atomic E-state index is 12.4. The zero-order valence-electron chi connectivity index (χ0n) is 14.6. The number of ether oxygens (including phenoxy) is 1. The lowest BCUT2D eigenvalue weighted by molar-refractivity contribution is -0.139. The molecule has 24 heavy (non-hydrogen) atoms. The van der Waals surface area contributed by atoms with Gasteiger partial charge in [0.05, 0.1) is 12.4 Å². The molecule has 5 heteroatoms. The van der Waals surface area contributed by atoms with E-state index in [1.807, 2.05) is 41.3 Å². The Balaban J connectivity index is 2.46. The van der Waals surface area contributed by atoms with Crippen LogP contribution in [0, 0.1) is 0 Å². The number of carbonyl (C=O) groups excluding carboxylic acids is 2. The van der Waals surface area contributed by atoms with Gasteiger partial charge in [0.2, 0.25) is 5.91 Å². The minimum atomic E-state index is -0.196. The van der Waals surface area contributed by atoms with Crippen molar-refractivity contribution in [3.05, 3.63) is 42.0 Å². The first-order valence-electron chi connectivity index (χ1n) is 8.42. The van der Waals surface area contributed by atoms with Gasteiger partial charge in [-0.15, -0.1) is 11.8 Å². The number of hydrogen-bond donors (Lipinski definition) is 0. The van der Waals surface area contributed by atoms with E-state index in [9.17, 15) is 9.59 Å². The van der Waals surface area contributed by atoms with Crippen LogP contribution in [0.15, 0.2) is 36.4 Å². The second-order valence-corrected chi connectivity index (χ2v) is 6.39. The molecule has 1 aromatic rings. The predicted octanol–water partition coefficient (Wildman–Crippen LogP) is 3.62. The van der Waals surface area contributed by atoms with Gasteiger partial charge in [0.25, 0.3) is 0 Å². The van der Waals surface area contributed by atoms with Gasteiger partial charge in [-0.2, -0.15) is 0 Å². The van der Waals surface area contributed by atoms with Gasteiger partial charge in [-0.3, -0.25) is 9.59 Å². The molecule has 0 fully saturated rings. The van der Waals surface area contributed by atoms with Crippen LogP contribution in [0.1, 0.15) is 32.3 Å². The number of unbranched alkanes of at least 4 members (excludes halogenated alkanes) is 1. The van der Waals surface area contributed by atoms with Gasteiger partial charge < -0.3 is 9.64 Å². The Kier molecular flexibility index (Phi) is 10.7. The largest absolute Gasteiger partial charge is 0.465 e. The van der Waals surface area contributed by atoms with Crippen LogP contribution in [0.3, 0.4) is 0 Å². The van der Waals surface area contributed by atoms with E-state index in [-0.39, 0.29) is 11.9 Å². The summed E-state index contributed by atoms with van der Waals surface area (Å²) in [4.78, 5) is 25.6. The molecule has 0 saturated carbocycles. The molecule has 0 aliphatic heterocycles. The van der Waals surface area contributed by atoms with Crippen LogP contribution in [-0.4, -0.2) is 48.0 Å². The summed E-state index contributed by atoms with van der Waals surface area (Å²) in [6.07, 6.45) is 5.49. The van der Waals surface area contributed by atoms with Gasteiger partial charge in [-0.05, 0) is 25.0 Å². The van der Waals surface area contributed by atoms with E-state index in [1.165, 1.54) is 11.8 Å². The molecule has 0 heterocycles. The zero-order valence-corrected chi connectivity index (χ0v) is 15.4. The number of rotatable bonds is 11. The third-order valence-corrected chi connectivity index (χ3v) is 4.25. The summed E-state index contributed by atoms with van der Waals surface area (Å²) in [5, 5.41) is 0. The molecule has 0 aromatic heterocycles. The van der Waals surface area contributed by atoms with Crippen molar-refractivity contribution >= 4 is 29.7 Å². The lowest BCUT2D eigenvalue weighted by atomic mass is 10.2. The van der Waals surface area contributed by atoms with Crippen LogP contribution in [-0.2, 0) is 14.3 Å². The quantitative estimate of drug-likeness (QED) is 0.348. The third-order valence-electron chi connectivity index (χ3n) is 3.34. The Morgan fingerprint density at radius 1 is 1.17 bits per heavy atom. The second-order valence-electron chi connectivity index (χ2n) is 5.28. The van der Waals surface area contributed by atoms with Gasteiger partial charge in [-0.25, -0.2) is 0 Å². The molecule has 0 aliphatic rings. The summed E-state index contributed by atoms with van der Waals surface area (Å²) in [7, 11) is 0. The fraction of sp³-hybridized carbons (Fsp3) is 0.474. The number of amides is 1. The average molecular weight is 349 g/mol. The van der Waals surface area contributed by atoms with E-state index in [0.717, 1.165) is 30.7 Å². The van der Waals surface area contributed by atoms with E-state index in [4.69, 9.17) is 4.74 Å². The molecule has 4 nitrogen and oxygen atoms in total. The van der Waals surface area contributed by atoms with Crippen molar-refractivity contribution in [3.8, 4) is 0 Å². The zero-order chi connectivity index (χ0) is 17.6. The standard InChI is InChI=1S/C19H27NO3S/c1-3-5-13-20(14-15-24-16-19(22)23-4-2)18(21)12-11-17-9-7-6-8-10-17/h6-12H,3-5,13-16H2,1-2H3. The number of nitrogens with zero attached hydrogens (tertiary/aromatic N) is 1. The van der Waals surface area contributed by atoms with Gasteiger partial charge in [0.1, 0.15) is 0 Å². The van der Waals surface area contributed by atoms with Crippen LogP contribution in [0.4, 0.5) is 0 Å². The summed E-state index contributed by atoms with van der Waals surface area (Å²) < 4.78 is 4.90. The highest BCUT2D eigenvalue weighted by Crippen LogP contribution is 2.06. The molecule has 1 rings (SSSR count). The number of carbonyl (C=O) groups is 2. The Hall–Kier alpha value is -1.75. The fourth-order valence-electron chi connectivity index (χ4n) is 2.05. The molecule has 0 aliphatic carbocycles. The number of hydrogen-bond acceptors (Lipinski definition) is 4. The maximum Gasteiger partial charge on any atom is 0.315 e. The molecular weight excluding hydrogens is 322 g/mol. The molecule has 1 aromatic carbocycles. The SMILES string of the molecule is CCCCN(CCSCC(=O)OCC)C(=O)C=Cc1ccccc1. The van der Waals surface area contributed by atoms with Crippen LogP contribution in [0.5, 0.6) is 0 Å². The van der Waals surface area contributed by atoms with Crippen molar-refractivity contribution in [1.82, 2.24) is 4.90 Å². The fourth-order valence-corrected chi connectivity index (χ4v) is 2.79. The molecule has 132 valence electrons. The van der Waals surface area contributed by atoms with Crippen molar-refractivity contribution in [3.63, 3.8) is 0 Å². The first-order valence-corrected chi connectivity index (χ1v) is 9.58. The lowest BCUT2D eigenvalue weighted by Gasteiger charge is -2.20. The monoisotopic (exact) mass is 349 g/mol. The third kappa shape index (κ3) is 8.77. The minimum Gasteiger partial charge on any atom is -0.465 e. The predicted molar refractivity (Wildman–Crippen MR) is 101 cm³/mol. The average Bonchev–Trinajstić information content (AvgIpc) is 2.60. The van der Waals surface area contributed by atoms with E-state index >= 15 is 0 Å². The Morgan fingerprint density at radius 2 is 1.92 bits per heavy atom. The first kappa shape index (κ1) is 20.3. The molecule has 0 saturated heterocycles. The van der Waals surface area contributed by atoms with Crippen LogP contribution < -0.4 is 0 Å².